The molecule has 0 saturated carbocycles. The number of hydrogen-bond acceptors (Lipinski definition) is 4. The van der Waals surface area contributed by atoms with E-state index in [1.165, 1.54) is 11.1 Å². The van der Waals surface area contributed by atoms with Crippen LogP contribution in [0.25, 0.3) is 0 Å². The Labute approximate surface area is 144 Å². The summed E-state index contributed by atoms with van der Waals surface area (Å²) < 4.78 is 0. The SMILES string of the molecule is Cc1cccc(C)c1Nc1n[nH]c(SCc2ccccc2Cl)n1. The van der Waals surface area contributed by atoms with Crippen LogP contribution in [0.3, 0.4) is 0 Å². The third-order valence-electron chi connectivity index (χ3n) is 3.51. The van der Waals surface area contributed by atoms with Crippen LogP contribution < -0.4 is 5.32 Å². The number of aromatic nitrogens is 3. The summed E-state index contributed by atoms with van der Waals surface area (Å²) in [5, 5.41) is 12.0. The third-order valence-corrected chi connectivity index (χ3v) is 4.79. The number of benzene rings is 2. The Hall–Kier alpha value is -1.98. The first kappa shape index (κ1) is 15.9. The molecule has 2 N–H and O–H groups in total. The van der Waals surface area contributed by atoms with E-state index in [0.717, 1.165) is 27.2 Å². The molecule has 0 bridgehead atoms. The molecule has 118 valence electrons. The maximum absolute atomic E-state index is 6.17. The number of rotatable bonds is 5. The smallest absolute Gasteiger partial charge is 0.247 e. The number of nitrogens with zero attached hydrogens (tertiary/aromatic N) is 2. The van der Waals surface area contributed by atoms with E-state index >= 15 is 0 Å². The maximum Gasteiger partial charge on any atom is 0.247 e. The second-order valence-electron chi connectivity index (χ2n) is 5.24. The fourth-order valence-electron chi connectivity index (χ4n) is 2.25. The summed E-state index contributed by atoms with van der Waals surface area (Å²) in [6, 6.07) is 14.0. The second-order valence-corrected chi connectivity index (χ2v) is 6.61. The topological polar surface area (TPSA) is 53.6 Å². The first-order valence-corrected chi connectivity index (χ1v) is 8.61. The lowest BCUT2D eigenvalue weighted by molar-refractivity contribution is 0.973. The molecule has 0 saturated heterocycles. The summed E-state index contributed by atoms with van der Waals surface area (Å²) in [5.41, 5.74) is 4.47. The van der Waals surface area contributed by atoms with Crippen LogP contribution in [0.15, 0.2) is 47.6 Å². The van der Waals surface area contributed by atoms with Crippen LogP contribution in [0.4, 0.5) is 11.6 Å². The molecule has 0 radical (unpaired) electrons. The van der Waals surface area contributed by atoms with Crippen molar-refractivity contribution in [1.82, 2.24) is 15.2 Å². The van der Waals surface area contributed by atoms with Crippen LogP contribution in [0.1, 0.15) is 16.7 Å². The number of anilines is 2. The summed E-state index contributed by atoms with van der Waals surface area (Å²) in [5.74, 6) is 1.32. The number of halogens is 1. The van der Waals surface area contributed by atoms with Crippen molar-refractivity contribution < 1.29 is 0 Å². The van der Waals surface area contributed by atoms with Crippen LogP contribution in [-0.2, 0) is 5.75 Å². The Kier molecular flexibility index (Phi) is 4.88. The molecule has 0 aliphatic heterocycles. The van der Waals surface area contributed by atoms with E-state index in [1.54, 1.807) is 11.8 Å². The Morgan fingerprint density at radius 3 is 2.57 bits per heavy atom. The molecule has 0 fully saturated rings. The summed E-state index contributed by atoms with van der Waals surface area (Å²) >= 11 is 7.74. The van der Waals surface area contributed by atoms with Crippen molar-refractivity contribution >= 4 is 35.0 Å². The molecule has 0 unspecified atom stereocenters. The van der Waals surface area contributed by atoms with Gasteiger partial charge in [0.25, 0.3) is 0 Å². The van der Waals surface area contributed by atoms with Gasteiger partial charge >= 0.3 is 0 Å². The maximum atomic E-state index is 6.17. The molecule has 0 atom stereocenters. The van der Waals surface area contributed by atoms with Gasteiger partial charge in [0.15, 0.2) is 5.16 Å². The quantitative estimate of drug-likeness (QED) is 0.631. The van der Waals surface area contributed by atoms with E-state index in [1.807, 2.05) is 30.3 Å². The van der Waals surface area contributed by atoms with Crippen LogP contribution in [0.5, 0.6) is 0 Å². The summed E-state index contributed by atoms with van der Waals surface area (Å²) in [4.78, 5) is 4.47. The lowest BCUT2D eigenvalue weighted by Gasteiger charge is -2.09. The normalized spacial score (nSPS) is 10.7. The van der Waals surface area contributed by atoms with Crippen molar-refractivity contribution in [3.8, 4) is 0 Å². The van der Waals surface area contributed by atoms with Gasteiger partial charge in [-0.05, 0) is 36.6 Å². The molecule has 3 aromatic rings. The van der Waals surface area contributed by atoms with Crippen molar-refractivity contribution in [2.75, 3.05) is 5.32 Å². The molecular weight excluding hydrogens is 328 g/mol. The van der Waals surface area contributed by atoms with E-state index in [-0.39, 0.29) is 0 Å². The highest BCUT2D eigenvalue weighted by molar-refractivity contribution is 7.98. The van der Waals surface area contributed by atoms with Crippen molar-refractivity contribution in [2.45, 2.75) is 24.8 Å². The zero-order valence-electron chi connectivity index (χ0n) is 12.9. The monoisotopic (exact) mass is 344 g/mol. The predicted octanol–water partition coefficient (Wildman–Crippen LogP) is 5.11. The molecular formula is C17H17ClN4S. The van der Waals surface area contributed by atoms with Crippen LogP contribution in [0, 0.1) is 13.8 Å². The van der Waals surface area contributed by atoms with Crippen molar-refractivity contribution in [1.29, 1.82) is 0 Å². The summed E-state index contributed by atoms with van der Waals surface area (Å²) in [6.45, 7) is 4.13. The molecule has 1 heterocycles. The minimum Gasteiger partial charge on any atom is -0.322 e. The second kappa shape index (κ2) is 7.06. The molecule has 23 heavy (non-hydrogen) atoms. The van der Waals surface area contributed by atoms with E-state index in [4.69, 9.17) is 11.6 Å². The van der Waals surface area contributed by atoms with E-state index in [2.05, 4.69) is 46.5 Å². The van der Waals surface area contributed by atoms with Gasteiger partial charge in [-0.25, -0.2) is 0 Å². The lowest BCUT2D eigenvalue weighted by atomic mass is 10.1. The summed E-state index contributed by atoms with van der Waals surface area (Å²) in [6.07, 6.45) is 0. The Balaban J connectivity index is 1.68. The fraction of sp³-hybridized carbons (Fsp3) is 0.176. The van der Waals surface area contributed by atoms with Crippen LogP contribution >= 0.6 is 23.4 Å². The van der Waals surface area contributed by atoms with Gasteiger partial charge in [0.1, 0.15) is 0 Å². The van der Waals surface area contributed by atoms with E-state index < -0.39 is 0 Å². The molecule has 2 aromatic carbocycles. The predicted molar refractivity (Wildman–Crippen MR) is 96.6 cm³/mol. The third kappa shape index (κ3) is 3.86. The molecule has 0 aliphatic rings. The van der Waals surface area contributed by atoms with Crippen LogP contribution in [0.2, 0.25) is 5.02 Å². The number of H-pyrrole nitrogens is 1. The lowest BCUT2D eigenvalue weighted by Crippen LogP contribution is -1.97. The Bertz CT molecular complexity index is 796. The number of aromatic amines is 1. The number of thioether (sulfide) groups is 1. The zero-order valence-corrected chi connectivity index (χ0v) is 14.5. The van der Waals surface area contributed by atoms with E-state index in [0.29, 0.717) is 5.95 Å². The Morgan fingerprint density at radius 2 is 1.83 bits per heavy atom. The van der Waals surface area contributed by atoms with Gasteiger partial charge < -0.3 is 5.32 Å². The highest BCUT2D eigenvalue weighted by Gasteiger charge is 2.08. The number of aryl methyl sites for hydroxylation is 2. The van der Waals surface area contributed by atoms with Gasteiger partial charge in [-0.2, -0.15) is 4.98 Å². The van der Waals surface area contributed by atoms with Gasteiger partial charge in [0, 0.05) is 16.5 Å². The van der Waals surface area contributed by atoms with Crippen molar-refractivity contribution in [2.24, 2.45) is 0 Å². The number of nitrogens with one attached hydrogen (secondary N) is 2. The minimum atomic E-state index is 0.573. The molecule has 0 amide bonds. The van der Waals surface area contributed by atoms with Crippen molar-refractivity contribution in [3.05, 3.63) is 64.2 Å². The largest absolute Gasteiger partial charge is 0.322 e. The average Bonchev–Trinajstić information content (AvgIpc) is 2.98. The molecule has 4 nitrogen and oxygen atoms in total. The molecule has 3 rings (SSSR count). The zero-order chi connectivity index (χ0) is 16.2. The molecule has 0 aliphatic carbocycles. The van der Waals surface area contributed by atoms with Gasteiger partial charge in [-0.3, -0.25) is 5.10 Å². The Morgan fingerprint density at radius 1 is 1.09 bits per heavy atom. The number of hydrogen-bond donors (Lipinski definition) is 2. The minimum absolute atomic E-state index is 0.573. The van der Waals surface area contributed by atoms with Gasteiger partial charge in [0.2, 0.25) is 5.95 Å². The van der Waals surface area contributed by atoms with E-state index in [9.17, 15) is 0 Å². The van der Waals surface area contributed by atoms with Crippen molar-refractivity contribution in [3.63, 3.8) is 0 Å². The van der Waals surface area contributed by atoms with Gasteiger partial charge in [0.05, 0.1) is 0 Å². The van der Waals surface area contributed by atoms with Gasteiger partial charge in [-0.15, -0.1) is 5.10 Å². The molecule has 6 heteroatoms. The molecule has 0 spiro atoms. The summed E-state index contributed by atoms with van der Waals surface area (Å²) in [7, 11) is 0. The fourth-order valence-corrected chi connectivity index (χ4v) is 3.34. The first-order chi connectivity index (χ1) is 11.1. The standard InChI is InChI=1S/C17H17ClN4S/c1-11-6-5-7-12(2)15(11)19-16-20-17(22-21-16)23-10-13-8-3-4-9-14(13)18/h3-9H,10H2,1-2H3,(H2,19,20,21,22). The molecule has 1 aromatic heterocycles. The van der Waals surface area contributed by atoms with Crippen LogP contribution in [-0.4, -0.2) is 15.2 Å². The average molecular weight is 345 g/mol. The highest BCUT2D eigenvalue weighted by Crippen LogP contribution is 2.26. The van der Waals surface area contributed by atoms with Gasteiger partial charge in [-0.1, -0.05) is 59.8 Å². The highest BCUT2D eigenvalue weighted by atomic mass is 35.5. The first-order valence-electron chi connectivity index (χ1n) is 7.25. The number of para-hydroxylation sites is 1.